The fraction of sp³-hybridized carbons (Fsp3) is 0.500. The number of carbonyl (C=O) groups is 1. The van der Waals surface area contributed by atoms with Crippen molar-refractivity contribution in [2.45, 2.75) is 43.9 Å². The number of allylic oxidation sites excluding steroid dienone is 1. The van der Waals surface area contributed by atoms with Crippen molar-refractivity contribution in [3.8, 4) is 5.75 Å². The van der Waals surface area contributed by atoms with Crippen molar-refractivity contribution in [3.63, 3.8) is 0 Å². The van der Waals surface area contributed by atoms with Gasteiger partial charge in [0.2, 0.25) is 15.9 Å². The molecule has 6 nitrogen and oxygen atoms in total. The fourth-order valence-corrected chi connectivity index (χ4v) is 3.89. The molecule has 1 aromatic carbocycles. The highest BCUT2D eigenvalue weighted by Crippen LogP contribution is 2.21. The molecule has 2 N–H and O–H groups in total. The van der Waals surface area contributed by atoms with Gasteiger partial charge in [-0.25, -0.2) is 13.1 Å². The molecule has 0 atom stereocenters. The minimum atomic E-state index is -3.73. The molecule has 1 amide bonds. The molecule has 2 rings (SSSR count). The molecular formula is C18H26N2O4S. The van der Waals surface area contributed by atoms with Gasteiger partial charge in [0.1, 0.15) is 5.75 Å². The Hall–Kier alpha value is -1.86. The van der Waals surface area contributed by atoms with Crippen LogP contribution in [0.2, 0.25) is 0 Å². The molecule has 0 saturated carbocycles. The molecule has 0 aliphatic heterocycles. The summed E-state index contributed by atoms with van der Waals surface area (Å²) >= 11 is 0. The molecule has 1 aromatic rings. The van der Waals surface area contributed by atoms with Crippen molar-refractivity contribution in [2.24, 2.45) is 0 Å². The number of nitrogens with one attached hydrogen (secondary N) is 2. The lowest BCUT2D eigenvalue weighted by atomic mass is 9.97. The first-order valence-electron chi connectivity index (χ1n) is 8.51. The Kier molecular flexibility index (Phi) is 7.01. The van der Waals surface area contributed by atoms with E-state index < -0.39 is 10.0 Å². The maximum Gasteiger partial charge on any atom is 0.241 e. The van der Waals surface area contributed by atoms with E-state index in [2.05, 4.69) is 16.1 Å². The number of sulfonamides is 1. The van der Waals surface area contributed by atoms with E-state index in [0.717, 1.165) is 24.8 Å². The first kappa shape index (κ1) is 19.5. The van der Waals surface area contributed by atoms with Crippen LogP contribution in [0.25, 0.3) is 0 Å². The number of carbonyl (C=O) groups excluding carboxylic acids is 1. The zero-order chi connectivity index (χ0) is 18.3. The van der Waals surface area contributed by atoms with Gasteiger partial charge in [-0.05, 0) is 62.8 Å². The summed E-state index contributed by atoms with van der Waals surface area (Å²) < 4.78 is 32.0. The van der Waals surface area contributed by atoms with Gasteiger partial charge in [0, 0.05) is 6.54 Å². The van der Waals surface area contributed by atoms with Gasteiger partial charge in [0.25, 0.3) is 0 Å². The highest BCUT2D eigenvalue weighted by Gasteiger charge is 2.16. The molecule has 1 aliphatic rings. The molecule has 0 radical (unpaired) electrons. The average molecular weight is 366 g/mol. The molecule has 0 heterocycles. The molecule has 0 spiro atoms. The minimum Gasteiger partial charge on any atom is -0.496 e. The molecule has 0 fully saturated rings. The van der Waals surface area contributed by atoms with Gasteiger partial charge in [0.15, 0.2) is 0 Å². The summed E-state index contributed by atoms with van der Waals surface area (Å²) in [7, 11) is -2.20. The number of hydrogen-bond acceptors (Lipinski definition) is 4. The van der Waals surface area contributed by atoms with Crippen LogP contribution in [0.1, 0.15) is 37.7 Å². The van der Waals surface area contributed by atoms with Crippen LogP contribution in [0.5, 0.6) is 5.75 Å². The highest BCUT2D eigenvalue weighted by molar-refractivity contribution is 7.89. The SMILES string of the molecule is COc1ccc(S(=O)(=O)NCC(=O)NCCC2=CCCCC2)cc1C. The lowest BCUT2D eigenvalue weighted by Gasteiger charge is -2.13. The van der Waals surface area contributed by atoms with Crippen molar-refractivity contribution in [3.05, 3.63) is 35.4 Å². The van der Waals surface area contributed by atoms with Crippen LogP contribution >= 0.6 is 0 Å². The molecule has 7 heteroatoms. The smallest absolute Gasteiger partial charge is 0.241 e. The Morgan fingerprint density at radius 3 is 2.72 bits per heavy atom. The molecular weight excluding hydrogens is 340 g/mol. The number of amides is 1. The average Bonchev–Trinajstić information content (AvgIpc) is 2.61. The zero-order valence-electron chi connectivity index (χ0n) is 14.8. The second-order valence-corrected chi connectivity index (χ2v) is 7.93. The quantitative estimate of drug-likeness (QED) is 0.692. The zero-order valence-corrected chi connectivity index (χ0v) is 15.6. The van der Waals surface area contributed by atoms with E-state index >= 15 is 0 Å². The van der Waals surface area contributed by atoms with Crippen LogP contribution in [-0.2, 0) is 14.8 Å². The molecule has 0 bridgehead atoms. The van der Waals surface area contributed by atoms with E-state index in [1.54, 1.807) is 13.0 Å². The van der Waals surface area contributed by atoms with Gasteiger partial charge in [-0.1, -0.05) is 11.6 Å². The van der Waals surface area contributed by atoms with E-state index in [1.165, 1.54) is 37.7 Å². The molecule has 0 unspecified atom stereocenters. The van der Waals surface area contributed by atoms with E-state index in [0.29, 0.717) is 12.3 Å². The topological polar surface area (TPSA) is 84.5 Å². The van der Waals surface area contributed by atoms with Gasteiger partial charge >= 0.3 is 0 Å². The van der Waals surface area contributed by atoms with E-state index in [1.807, 2.05) is 0 Å². The van der Waals surface area contributed by atoms with Crippen molar-refractivity contribution in [1.82, 2.24) is 10.0 Å². The summed E-state index contributed by atoms with van der Waals surface area (Å²) in [5.41, 5.74) is 2.09. The molecule has 0 aromatic heterocycles. The monoisotopic (exact) mass is 366 g/mol. The second kappa shape index (κ2) is 9.01. The van der Waals surface area contributed by atoms with Crippen molar-refractivity contribution < 1.29 is 17.9 Å². The number of hydrogen-bond donors (Lipinski definition) is 2. The first-order valence-corrected chi connectivity index (χ1v) is 9.99. The molecule has 0 saturated heterocycles. The standard InChI is InChI=1S/C18H26N2O4S/c1-14-12-16(8-9-17(14)24-2)25(22,23)20-13-18(21)19-11-10-15-6-4-3-5-7-15/h6,8-9,12,20H,3-5,7,10-11,13H2,1-2H3,(H,19,21). The Morgan fingerprint density at radius 2 is 2.08 bits per heavy atom. The number of rotatable bonds is 8. The lowest BCUT2D eigenvalue weighted by Crippen LogP contribution is -2.37. The predicted molar refractivity (Wildman–Crippen MR) is 97.1 cm³/mol. The summed E-state index contributed by atoms with van der Waals surface area (Å²) in [5.74, 6) is 0.291. The number of ether oxygens (including phenoxy) is 1. The fourth-order valence-electron chi connectivity index (χ4n) is 2.82. The van der Waals surface area contributed by atoms with Gasteiger partial charge in [-0.3, -0.25) is 4.79 Å². The summed E-state index contributed by atoms with van der Waals surface area (Å²) in [6.07, 6.45) is 7.73. The lowest BCUT2D eigenvalue weighted by molar-refractivity contribution is -0.119. The van der Waals surface area contributed by atoms with Crippen LogP contribution < -0.4 is 14.8 Å². The molecule has 1 aliphatic carbocycles. The Morgan fingerprint density at radius 1 is 1.28 bits per heavy atom. The van der Waals surface area contributed by atoms with Crippen molar-refractivity contribution in [1.29, 1.82) is 0 Å². The van der Waals surface area contributed by atoms with Gasteiger partial charge in [0.05, 0.1) is 18.6 Å². The van der Waals surface area contributed by atoms with Crippen molar-refractivity contribution in [2.75, 3.05) is 20.2 Å². The van der Waals surface area contributed by atoms with Gasteiger partial charge < -0.3 is 10.1 Å². The van der Waals surface area contributed by atoms with Crippen LogP contribution in [0.4, 0.5) is 0 Å². The van der Waals surface area contributed by atoms with Crippen LogP contribution in [0.15, 0.2) is 34.7 Å². The predicted octanol–water partition coefficient (Wildman–Crippen LogP) is 2.29. The van der Waals surface area contributed by atoms with Crippen LogP contribution in [0.3, 0.4) is 0 Å². The maximum atomic E-state index is 12.3. The Balaban J connectivity index is 1.81. The van der Waals surface area contributed by atoms with Crippen molar-refractivity contribution >= 4 is 15.9 Å². The third kappa shape index (κ3) is 5.86. The summed E-state index contributed by atoms with van der Waals surface area (Å²) in [6, 6.07) is 4.58. The second-order valence-electron chi connectivity index (χ2n) is 6.16. The van der Waals surface area contributed by atoms with E-state index in [-0.39, 0.29) is 17.3 Å². The normalized spacial score (nSPS) is 14.7. The first-order chi connectivity index (χ1) is 11.9. The Labute approximate surface area is 149 Å². The highest BCUT2D eigenvalue weighted by atomic mass is 32.2. The number of methoxy groups -OCH3 is 1. The maximum absolute atomic E-state index is 12.3. The van der Waals surface area contributed by atoms with Gasteiger partial charge in [-0.2, -0.15) is 0 Å². The third-order valence-electron chi connectivity index (χ3n) is 4.25. The summed E-state index contributed by atoms with van der Waals surface area (Å²) in [6.45, 7) is 2.03. The minimum absolute atomic E-state index is 0.117. The largest absolute Gasteiger partial charge is 0.496 e. The number of benzene rings is 1. The third-order valence-corrected chi connectivity index (χ3v) is 5.65. The van der Waals surface area contributed by atoms with Crippen LogP contribution in [0, 0.1) is 6.92 Å². The number of aryl methyl sites for hydroxylation is 1. The van der Waals surface area contributed by atoms with E-state index in [9.17, 15) is 13.2 Å². The van der Waals surface area contributed by atoms with Gasteiger partial charge in [-0.15, -0.1) is 0 Å². The summed E-state index contributed by atoms with van der Waals surface area (Å²) in [5, 5.41) is 2.76. The summed E-state index contributed by atoms with van der Waals surface area (Å²) in [4.78, 5) is 12.0. The van der Waals surface area contributed by atoms with Crippen LogP contribution in [-0.4, -0.2) is 34.5 Å². The Bertz CT molecular complexity index is 741. The van der Waals surface area contributed by atoms with E-state index in [4.69, 9.17) is 4.74 Å². The molecule has 25 heavy (non-hydrogen) atoms. The molecule has 138 valence electrons.